The summed E-state index contributed by atoms with van der Waals surface area (Å²) < 4.78 is 10.7. The molecule has 0 aliphatic heterocycles. The molecular weight excluding hydrogens is 308 g/mol. The van der Waals surface area contributed by atoms with E-state index in [1.54, 1.807) is 37.5 Å². The molecular formula is C18H16N2O4. The number of nitro groups is 1. The lowest BCUT2D eigenvalue weighted by molar-refractivity contribution is -0.384. The molecule has 0 aliphatic rings. The van der Waals surface area contributed by atoms with Crippen molar-refractivity contribution >= 4 is 17.3 Å². The van der Waals surface area contributed by atoms with Crippen LogP contribution in [0, 0.1) is 21.4 Å². The van der Waals surface area contributed by atoms with Crippen molar-refractivity contribution < 1.29 is 14.4 Å². The first-order chi connectivity index (χ1) is 11.6. The molecule has 6 heteroatoms. The predicted molar refractivity (Wildman–Crippen MR) is 90.7 cm³/mol. The Balaban J connectivity index is 2.38. The second-order valence-corrected chi connectivity index (χ2v) is 4.82. The van der Waals surface area contributed by atoms with Crippen molar-refractivity contribution in [2.45, 2.75) is 6.92 Å². The molecule has 6 nitrogen and oxygen atoms in total. The van der Waals surface area contributed by atoms with Gasteiger partial charge >= 0.3 is 0 Å². The van der Waals surface area contributed by atoms with E-state index < -0.39 is 4.92 Å². The monoisotopic (exact) mass is 324 g/mol. The molecule has 0 amide bonds. The molecule has 0 fully saturated rings. The van der Waals surface area contributed by atoms with Crippen LogP contribution < -0.4 is 9.47 Å². The van der Waals surface area contributed by atoms with Crippen LogP contribution in [-0.2, 0) is 0 Å². The van der Waals surface area contributed by atoms with Gasteiger partial charge in [0.1, 0.15) is 0 Å². The molecule has 2 aromatic carbocycles. The number of nitrogens with zero attached hydrogens (tertiary/aromatic N) is 2. The van der Waals surface area contributed by atoms with Gasteiger partial charge in [-0.15, -0.1) is 0 Å². The quantitative estimate of drug-likeness (QED) is 0.346. The maximum atomic E-state index is 10.7. The van der Waals surface area contributed by atoms with Crippen LogP contribution in [0.3, 0.4) is 0 Å². The lowest BCUT2D eigenvalue weighted by Gasteiger charge is -2.10. The molecule has 0 radical (unpaired) electrons. The number of nitriles is 1. The van der Waals surface area contributed by atoms with Gasteiger partial charge in [0.05, 0.1) is 30.3 Å². The van der Waals surface area contributed by atoms with Crippen molar-refractivity contribution in [3.05, 3.63) is 63.7 Å². The van der Waals surface area contributed by atoms with Gasteiger partial charge in [-0.2, -0.15) is 5.26 Å². The molecule has 0 heterocycles. The van der Waals surface area contributed by atoms with Crippen molar-refractivity contribution in [3.63, 3.8) is 0 Å². The average molecular weight is 324 g/mol. The minimum Gasteiger partial charge on any atom is -0.493 e. The van der Waals surface area contributed by atoms with Crippen molar-refractivity contribution in [1.29, 1.82) is 5.26 Å². The summed E-state index contributed by atoms with van der Waals surface area (Å²) in [4.78, 5) is 10.2. The van der Waals surface area contributed by atoms with Gasteiger partial charge in [0.25, 0.3) is 5.69 Å². The predicted octanol–water partition coefficient (Wildman–Crippen LogP) is 4.07. The molecule has 0 spiro atoms. The van der Waals surface area contributed by atoms with Crippen LogP contribution in [0.2, 0.25) is 0 Å². The highest BCUT2D eigenvalue weighted by Gasteiger charge is 2.08. The SMILES string of the molecule is CCOc1cc(/C=C(\C#N)c2ccc([N+](=O)[O-])cc2)ccc1OC. The second-order valence-electron chi connectivity index (χ2n) is 4.82. The Bertz CT molecular complexity index is 805. The Morgan fingerprint density at radius 2 is 1.96 bits per heavy atom. The van der Waals surface area contributed by atoms with Gasteiger partial charge in [-0.3, -0.25) is 10.1 Å². The highest BCUT2D eigenvalue weighted by Crippen LogP contribution is 2.30. The summed E-state index contributed by atoms with van der Waals surface area (Å²) in [5, 5.41) is 20.1. The summed E-state index contributed by atoms with van der Waals surface area (Å²) in [6, 6.07) is 13.3. The van der Waals surface area contributed by atoms with Crippen molar-refractivity contribution in [2.24, 2.45) is 0 Å². The highest BCUT2D eigenvalue weighted by atomic mass is 16.6. The van der Waals surface area contributed by atoms with Crippen LogP contribution in [0.4, 0.5) is 5.69 Å². The zero-order chi connectivity index (χ0) is 17.5. The normalized spacial score (nSPS) is 10.8. The van der Waals surface area contributed by atoms with Crippen LogP contribution in [0.15, 0.2) is 42.5 Å². The minimum absolute atomic E-state index is 0.0147. The number of methoxy groups -OCH3 is 1. The zero-order valence-corrected chi connectivity index (χ0v) is 13.4. The molecule has 0 unspecified atom stereocenters. The average Bonchev–Trinajstić information content (AvgIpc) is 2.60. The standard InChI is InChI=1S/C18H16N2O4/c1-3-24-18-11-13(4-9-17(18)23-2)10-15(12-19)14-5-7-16(8-6-14)20(21)22/h4-11H,3H2,1-2H3/b15-10+. The third-order valence-electron chi connectivity index (χ3n) is 3.31. The van der Waals surface area contributed by atoms with E-state index in [1.165, 1.54) is 12.1 Å². The number of benzene rings is 2. The molecule has 0 N–H and O–H groups in total. The van der Waals surface area contributed by atoms with E-state index in [2.05, 4.69) is 6.07 Å². The van der Waals surface area contributed by atoms with Crippen molar-refractivity contribution in [1.82, 2.24) is 0 Å². The number of rotatable bonds is 6. The lowest BCUT2D eigenvalue weighted by Crippen LogP contribution is -1.95. The van der Waals surface area contributed by atoms with Gasteiger partial charge < -0.3 is 9.47 Å². The maximum Gasteiger partial charge on any atom is 0.269 e. The molecule has 0 atom stereocenters. The third kappa shape index (κ3) is 3.90. The topological polar surface area (TPSA) is 85.4 Å². The van der Waals surface area contributed by atoms with Gasteiger partial charge in [-0.25, -0.2) is 0 Å². The zero-order valence-electron chi connectivity index (χ0n) is 13.4. The van der Waals surface area contributed by atoms with E-state index in [-0.39, 0.29) is 5.69 Å². The molecule has 2 aromatic rings. The Morgan fingerprint density at radius 3 is 2.50 bits per heavy atom. The van der Waals surface area contributed by atoms with E-state index in [0.717, 1.165) is 5.56 Å². The Labute approximate surface area is 139 Å². The molecule has 0 aliphatic carbocycles. The van der Waals surface area contributed by atoms with E-state index in [0.29, 0.717) is 29.2 Å². The van der Waals surface area contributed by atoms with E-state index in [1.807, 2.05) is 13.0 Å². The minimum atomic E-state index is -0.475. The Hall–Kier alpha value is -3.33. The summed E-state index contributed by atoms with van der Waals surface area (Å²) in [6.07, 6.45) is 1.70. The number of hydrogen-bond donors (Lipinski definition) is 0. The molecule has 0 aromatic heterocycles. The Morgan fingerprint density at radius 1 is 1.25 bits per heavy atom. The van der Waals surface area contributed by atoms with Crippen molar-refractivity contribution in [2.75, 3.05) is 13.7 Å². The van der Waals surface area contributed by atoms with Gasteiger partial charge in [0.2, 0.25) is 0 Å². The summed E-state index contributed by atoms with van der Waals surface area (Å²) >= 11 is 0. The molecule has 0 bridgehead atoms. The number of allylic oxidation sites excluding steroid dienone is 1. The van der Waals surface area contributed by atoms with Gasteiger partial charge in [0.15, 0.2) is 11.5 Å². The van der Waals surface area contributed by atoms with Crippen LogP contribution in [0.1, 0.15) is 18.1 Å². The number of non-ortho nitro benzene ring substituents is 1. The number of hydrogen-bond acceptors (Lipinski definition) is 5. The maximum absolute atomic E-state index is 10.7. The number of ether oxygens (including phenoxy) is 2. The van der Waals surface area contributed by atoms with E-state index >= 15 is 0 Å². The molecule has 122 valence electrons. The first-order valence-electron chi connectivity index (χ1n) is 7.26. The van der Waals surface area contributed by atoms with Crippen LogP contribution in [0.25, 0.3) is 11.6 Å². The highest BCUT2D eigenvalue weighted by molar-refractivity contribution is 5.90. The summed E-state index contributed by atoms with van der Waals surface area (Å²) in [6.45, 7) is 2.37. The lowest BCUT2D eigenvalue weighted by atomic mass is 10.0. The van der Waals surface area contributed by atoms with Gasteiger partial charge in [0, 0.05) is 12.1 Å². The fourth-order valence-corrected chi connectivity index (χ4v) is 2.16. The van der Waals surface area contributed by atoms with Gasteiger partial charge in [-0.05, 0) is 48.4 Å². The van der Waals surface area contributed by atoms with E-state index in [4.69, 9.17) is 9.47 Å². The molecule has 0 saturated carbocycles. The van der Waals surface area contributed by atoms with Crippen molar-refractivity contribution in [3.8, 4) is 17.6 Å². The molecule has 2 rings (SSSR count). The van der Waals surface area contributed by atoms with Gasteiger partial charge in [-0.1, -0.05) is 6.07 Å². The Kier molecular flexibility index (Phi) is 5.53. The summed E-state index contributed by atoms with van der Waals surface area (Å²) in [5.74, 6) is 1.21. The van der Waals surface area contributed by atoms with Crippen LogP contribution in [-0.4, -0.2) is 18.6 Å². The molecule has 0 saturated heterocycles. The second kappa shape index (κ2) is 7.79. The number of nitro benzene ring substituents is 1. The summed E-state index contributed by atoms with van der Waals surface area (Å²) in [7, 11) is 1.56. The first-order valence-corrected chi connectivity index (χ1v) is 7.26. The first kappa shape index (κ1) is 17.0. The smallest absolute Gasteiger partial charge is 0.269 e. The van der Waals surface area contributed by atoms with E-state index in [9.17, 15) is 15.4 Å². The summed E-state index contributed by atoms with van der Waals surface area (Å²) in [5.41, 5.74) is 1.77. The van der Waals surface area contributed by atoms with Crippen LogP contribution in [0.5, 0.6) is 11.5 Å². The fraction of sp³-hybridized carbons (Fsp3) is 0.167. The fourth-order valence-electron chi connectivity index (χ4n) is 2.16. The largest absolute Gasteiger partial charge is 0.493 e. The van der Waals surface area contributed by atoms with Crippen LogP contribution >= 0.6 is 0 Å². The third-order valence-corrected chi connectivity index (χ3v) is 3.31. The molecule has 24 heavy (non-hydrogen) atoms.